The third kappa shape index (κ3) is 2.45. The van der Waals surface area contributed by atoms with E-state index in [0.717, 1.165) is 36.4 Å². The summed E-state index contributed by atoms with van der Waals surface area (Å²) < 4.78 is 3.71. The van der Waals surface area contributed by atoms with E-state index in [0.29, 0.717) is 0 Å². The lowest BCUT2D eigenvalue weighted by Gasteiger charge is -2.01. The minimum Gasteiger partial charge on any atom is -0.314 e. The van der Waals surface area contributed by atoms with Gasteiger partial charge in [-0.15, -0.1) is 10.2 Å². The Bertz CT molecular complexity index is 669. The van der Waals surface area contributed by atoms with Gasteiger partial charge in [-0.3, -0.25) is 4.68 Å². The molecule has 0 amide bonds. The van der Waals surface area contributed by atoms with Gasteiger partial charge >= 0.3 is 0 Å². The van der Waals surface area contributed by atoms with Gasteiger partial charge in [0.2, 0.25) is 0 Å². The second-order valence-electron chi connectivity index (χ2n) is 4.30. The summed E-state index contributed by atoms with van der Waals surface area (Å²) in [5.41, 5.74) is 2.89. The average molecular weight is 257 g/mol. The maximum absolute atomic E-state index is 4.15. The van der Waals surface area contributed by atoms with E-state index < -0.39 is 0 Å². The van der Waals surface area contributed by atoms with Gasteiger partial charge < -0.3 is 5.32 Å². The van der Waals surface area contributed by atoms with Crippen LogP contribution in [0.25, 0.3) is 11.0 Å². The lowest BCUT2D eigenvalue weighted by molar-refractivity contribution is 0.489. The van der Waals surface area contributed by atoms with Crippen molar-refractivity contribution in [3.05, 3.63) is 36.2 Å². The van der Waals surface area contributed by atoms with Crippen LogP contribution in [-0.4, -0.2) is 37.0 Å². The van der Waals surface area contributed by atoms with Gasteiger partial charge in [0.1, 0.15) is 5.52 Å². The van der Waals surface area contributed by atoms with Gasteiger partial charge in [-0.25, -0.2) is 4.68 Å². The van der Waals surface area contributed by atoms with Crippen LogP contribution in [0.1, 0.15) is 5.69 Å². The predicted molar refractivity (Wildman–Crippen MR) is 70.3 cm³/mol. The van der Waals surface area contributed by atoms with Gasteiger partial charge in [-0.05, 0) is 19.2 Å². The first-order valence-corrected chi connectivity index (χ1v) is 6.18. The molecular weight excluding hydrogens is 242 g/mol. The molecule has 0 saturated heterocycles. The molecule has 0 radical (unpaired) electrons. The van der Waals surface area contributed by atoms with Crippen LogP contribution in [0.5, 0.6) is 0 Å². The van der Waals surface area contributed by atoms with Crippen LogP contribution in [0, 0.1) is 0 Å². The molecule has 98 valence electrons. The average Bonchev–Trinajstić information content (AvgIpc) is 3.04. The number of hydrogen-bond donors (Lipinski definition) is 1. The molecule has 1 aromatic carbocycles. The summed E-state index contributed by atoms with van der Waals surface area (Å²) in [5.74, 6) is 0. The largest absolute Gasteiger partial charge is 0.314 e. The smallest absolute Gasteiger partial charge is 0.113 e. The first-order valence-electron chi connectivity index (χ1n) is 6.18. The fourth-order valence-corrected chi connectivity index (χ4v) is 1.99. The van der Waals surface area contributed by atoms with E-state index in [-0.39, 0.29) is 0 Å². The standard InChI is InChI=1S/C12H15N7/c1-13-8-10-9-18(16-14-10)6-7-19-12-5-3-2-4-11(12)15-17-19/h2-5,9,13H,6-8H2,1H3. The Kier molecular flexibility index (Phi) is 3.20. The second-order valence-corrected chi connectivity index (χ2v) is 4.30. The van der Waals surface area contributed by atoms with Crippen molar-refractivity contribution in [2.45, 2.75) is 19.6 Å². The Labute approximate surface area is 110 Å². The van der Waals surface area contributed by atoms with E-state index in [1.165, 1.54) is 0 Å². The number of para-hydroxylation sites is 1. The highest BCUT2D eigenvalue weighted by Crippen LogP contribution is 2.09. The van der Waals surface area contributed by atoms with Crippen molar-refractivity contribution in [3.8, 4) is 0 Å². The van der Waals surface area contributed by atoms with E-state index in [1.54, 1.807) is 0 Å². The predicted octanol–water partition coefficient (Wildman–Crippen LogP) is 0.442. The Morgan fingerprint density at radius 3 is 2.89 bits per heavy atom. The van der Waals surface area contributed by atoms with E-state index in [2.05, 4.69) is 25.9 Å². The lowest BCUT2D eigenvalue weighted by Crippen LogP contribution is -2.09. The van der Waals surface area contributed by atoms with Gasteiger partial charge in [0.25, 0.3) is 0 Å². The third-order valence-corrected chi connectivity index (χ3v) is 2.91. The number of rotatable bonds is 5. The van der Waals surface area contributed by atoms with Crippen LogP contribution in [0.15, 0.2) is 30.5 Å². The molecule has 3 rings (SSSR count). The Morgan fingerprint density at radius 2 is 2.00 bits per heavy atom. The maximum atomic E-state index is 4.15. The van der Waals surface area contributed by atoms with Gasteiger partial charge in [0, 0.05) is 12.7 Å². The van der Waals surface area contributed by atoms with Gasteiger partial charge in [-0.1, -0.05) is 22.6 Å². The molecule has 0 aliphatic heterocycles. The molecule has 19 heavy (non-hydrogen) atoms. The van der Waals surface area contributed by atoms with E-state index >= 15 is 0 Å². The van der Waals surface area contributed by atoms with Gasteiger partial charge in [0.05, 0.1) is 24.3 Å². The molecule has 0 bridgehead atoms. The monoisotopic (exact) mass is 257 g/mol. The molecule has 0 unspecified atom stereocenters. The molecule has 0 fully saturated rings. The molecule has 7 nitrogen and oxygen atoms in total. The Morgan fingerprint density at radius 1 is 1.11 bits per heavy atom. The van der Waals surface area contributed by atoms with Crippen molar-refractivity contribution in [1.29, 1.82) is 0 Å². The van der Waals surface area contributed by atoms with E-state index in [9.17, 15) is 0 Å². The van der Waals surface area contributed by atoms with Crippen molar-refractivity contribution in [2.24, 2.45) is 0 Å². The van der Waals surface area contributed by atoms with Crippen LogP contribution < -0.4 is 5.32 Å². The number of nitrogens with zero attached hydrogens (tertiary/aromatic N) is 6. The number of benzene rings is 1. The summed E-state index contributed by atoms with van der Waals surface area (Å²) in [7, 11) is 1.89. The topological polar surface area (TPSA) is 73.5 Å². The van der Waals surface area contributed by atoms with Crippen molar-refractivity contribution in [2.75, 3.05) is 7.05 Å². The molecule has 0 aliphatic carbocycles. The summed E-state index contributed by atoms with van der Waals surface area (Å²) in [6, 6.07) is 7.92. The SMILES string of the molecule is CNCc1cn(CCn2nnc3ccccc32)nn1. The molecular formula is C12H15N7. The number of aryl methyl sites for hydroxylation is 2. The van der Waals surface area contributed by atoms with Crippen LogP contribution in [0.3, 0.4) is 0 Å². The molecule has 3 aromatic rings. The third-order valence-electron chi connectivity index (χ3n) is 2.91. The zero-order chi connectivity index (χ0) is 13.1. The summed E-state index contributed by atoms with van der Waals surface area (Å²) >= 11 is 0. The number of nitrogens with one attached hydrogen (secondary N) is 1. The molecule has 0 spiro atoms. The van der Waals surface area contributed by atoms with Crippen LogP contribution >= 0.6 is 0 Å². The molecule has 0 atom stereocenters. The first kappa shape index (κ1) is 11.8. The minimum absolute atomic E-state index is 0.725. The lowest BCUT2D eigenvalue weighted by atomic mass is 10.3. The summed E-state index contributed by atoms with van der Waals surface area (Å²) in [5, 5.41) is 19.5. The number of aromatic nitrogens is 6. The normalized spacial score (nSPS) is 11.2. The van der Waals surface area contributed by atoms with Crippen molar-refractivity contribution < 1.29 is 0 Å². The summed E-state index contributed by atoms with van der Waals surface area (Å²) in [6.45, 7) is 2.18. The molecule has 1 N–H and O–H groups in total. The van der Waals surface area contributed by atoms with E-state index in [4.69, 9.17) is 0 Å². The molecule has 7 heteroatoms. The van der Waals surface area contributed by atoms with Crippen LogP contribution in [0.2, 0.25) is 0 Å². The number of hydrogen-bond acceptors (Lipinski definition) is 5. The van der Waals surface area contributed by atoms with Crippen molar-refractivity contribution in [1.82, 2.24) is 35.3 Å². The molecule has 2 aromatic heterocycles. The van der Waals surface area contributed by atoms with Crippen molar-refractivity contribution in [3.63, 3.8) is 0 Å². The molecule has 2 heterocycles. The molecule has 0 saturated carbocycles. The van der Waals surface area contributed by atoms with Crippen LogP contribution in [0.4, 0.5) is 0 Å². The Balaban J connectivity index is 1.71. The second kappa shape index (κ2) is 5.15. The fraction of sp³-hybridized carbons (Fsp3) is 0.333. The van der Waals surface area contributed by atoms with Crippen molar-refractivity contribution >= 4 is 11.0 Å². The summed E-state index contributed by atoms with van der Waals surface area (Å²) in [6.07, 6.45) is 1.94. The van der Waals surface area contributed by atoms with Crippen LogP contribution in [-0.2, 0) is 19.6 Å². The minimum atomic E-state index is 0.725. The zero-order valence-electron chi connectivity index (χ0n) is 10.7. The quantitative estimate of drug-likeness (QED) is 0.718. The van der Waals surface area contributed by atoms with Gasteiger partial charge in [-0.2, -0.15) is 0 Å². The highest BCUT2D eigenvalue weighted by atomic mass is 15.5. The maximum Gasteiger partial charge on any atom is 0.113 e. The highest BCUT2D eigenvalue weighted by Gasteiger charge is 2.04. The molecule has 0 aliphatic rings. The van der Waals surface area contributed by atoms with E-state index in [1.807, 2.05) is 46.9 Å². The fourth-order valence-electron chi connectivity index (χ4n) is 1.99. The first-order chi connectivity index (χ1) is 9.36. The number of fused-ring (bicyclic) bond motifs is 1. The highest BCUT2D eigenvalue weighted by molar-refractivity contribution is 5.73. The Hall–Kier alpha value is -2.28. The summed E-state index contributed by atoms with van der Waals surface area (Å²) in [4.78, 5) is 0. The van der Waals surface area contributed by atoms with Gasteiger partial charge in [0.15, 0.2) is 0 Å². The zero-order valence-corrected chi connectivity index (χ0v) is 10.7.